The van der Waals surface area contributed by atoms with Crippen LogP contribution in [0.4, 0.5) is 0 Å². The Morgan fingerprint density at radius 1 is 1.14 bits per heavy atom. The number of carbonyl (C=O) groups is 3. The summed E-state index contributed by atoms with van der Waals surface area (Å²) in [7, 11) is 0. The molecule has 0 unspecified atom stereocenters. The van der Waals surface area contributed by atoms with Gasteiger partial charge in [0, 0.05) is 19.4 Å². The molecule has 4 atom stereocenters. The summed E-state index contributed by atoms with van der Waals surface area (Å²) in [5.41, 5.74) is -0.647. The van der Waals surface area contributed by atoms with Crippen molar-refractivity contribution in [2.24, 2.45) is 4.99 Å². The third kappa shape index (κ3) is 4.12. The van der Waals surface area contributed by atoms with Crippen LogP contribution >= 0.6 is 0 Å². The van der Waals surface area contributed by atoms with Gasteiger partial charge in [-0.25, -0.2) is 9.79 Å². The first-order chi connectivity index (χ1) is 13.3. The van der Waals surface area contributed by atoms with Crippen molar-refractivity contribution in [1.82, 2.24) is 0 Å². The lowest BCUT2D eigenvalue weighted by Crippen LogP contribution is -2.51. The summed E-state index contributed by atoms with van der Waals surface area (Å²) in [6, 6.07) is 9.06. The molecule has 0 bridgehead atoms. The molecule has 28 heavy (non-hydrogen) atoms. The van der Waals surface area contributed by atoms with Crippen LogP contribution < -0.4 is 0 Å². The summed E-state index contributed by atoms with van der Waals surface area (Å²) in [5, 5.41) is 0. The number of esters is 3. The molecule has 0 fully saturated rings. The van der Waals surface area contributed by atoms with Gasteiger partial charge in [0.1, 0.15) is 24.9 Å². The minimum Gasteiger partial charge on any atom is -0.463 e. The molecule has 0 aromatic heterocycles. The molecule has 0 saturated carbocycles. The van der Waals surface area contributed by atoms with Crippen molar-refractivity contribution < 1.29 is 33.3 Å². The molecule has 1 aromatic carbocycles. The van der Waals surface area contributed by atoms with Gasteiger partial charge in [-0.2, -0.15) is 0 Å². The average Bonchev–Trinajstić information content (AvgIpc) is 2.97. The zero-order valence-corrected chi connectivity index (χ0v) is 15.8. The predicted octanol–water partition coefficient (Wildman–Crippen LogP) is 1.57. The van der Waals surface area contributed by atoms with Gasteiger partial charge >= 0.3 is 17.9 Å². The summed E-state index contributed by atoms with van der Waals surface area (Å²) in [4.78, 5) is 39.6. The highest BCUT2D eigenvalue weighted by Crippen LogP contribution is 2.32. The van der Waals surface area contributed by atoms with Crippen LogP contribution in [0, 0.1) is 0 Å². The van der Waals surface area contributed by atoms with E-state index < -0.39 is 41.8 Å². The number of hydrogen-bond donors (Lipinski definition) is 0. The molecular formula is C20H21NO7. The maximum atomic E-state index is 12.6. The van der Waals surface area contributed by atoms with E-state index >= 15 is 0 Å². The summed E-state index contributed by atoms with van der Waals surface area (Å²) < 4.78 is 21.5. The van der Waals surface area contributed by atoms with Crippen LogP contribution in [-0.4, -0.2) is 54.3 Å². The zero-order chi connectivity index (χ0) is 20.3. The van der Waals surface area contributed by atoms with E-state index in [2.05, 4.69) is 4.99 Å². The molecular weight excluding hydrogens is 366 g/mol. The first-order valence-corrected chi connectivity index (χ1v) is 8.81. The van der Waals surface area contributed by atoms with Crippen LogP contribution in [0.1, 0.15) is 26.3 Å². The monoisotopic (exact) mass is 387 g/mol. The number of nitrogens with zero attached hydrogens (tertiary/aromatic N) is 1. The average molecular weight is 387 g/mol. The van der Waals surface area contributed by atoms with Crippen molar-refractivity contribution in [3.8, 4) is 0 Å². The molecule has 2 heterocycles. The number of ether oxygens (including phenoxy) is 4. The molecule has 0 aliphatic carbocycles. The highest BCUT2D eigenvalue weighted by molar-refractivity contribution is 6.08. The lowest BCUT2D eigenvalue weighted by Gasteiger charge is -2.35. The van der Waals surface area contributed by atoms with E-state index in [0.29, 0.717) is 5.56 Å². The zero-order valence-electron chi connectivity index (χ0n) is 15.8. The molecule has 148 valence electrons. The second-order valence-electron chi connectivity index (χ2n) is 6.68. The quantitative estimate of drug-likeness (QED) is 0.429. The Balaban J connectivity index is 1.85. The summed E-state index contributed by atoms with van der Waals surface area (Å²) in [6.45, 7) is 4.02. The van der Waals surface area contributed by atoms with Gasteiger partial charge in [0.25, 0.3) is 0 Å². The molecule has 8 heteroatoms. The van der Waals surface area contributed by atoms with Gasteiger partial charge in [-0.1, -0.05) is 24.3 Å². The lowest BCUT2D eigenvalue weighted by atomic mass is 9.92. The molecule has 8 nitrogen and oxygen atoms in total. The fourth-order valence-electron chi connectivity index (χ4n) is 2.96. The molecule has 0 saturated heterocycles. The van der Waals surface area contributed by atoms with Crippen LogP contribution in [0.15, 0.2) is 47.5 Å². The van der Waals surface area contributed by atoms with Gasteiger partial charge in [0.15, 0.2) is 5.54 Å². The molecule has 2 aliphatic rings. The van der Waals surface area contributed by atoms with E-state index in [0.717, 1.165) is 0 Å². The second-order valence-corrected chi connectivity index (χ2v) is 6.68. The van der Waals surface area contributed by atoms with Gasteiger partial charge < -0.3 is 18.9 Å². The van der Waals surface area contributed by atoms with Gasteiger partial charge in [0.2, 0.25) is 5.90 Å². The first kappa shape index (κ1) is 19.8. The maximum absolute atomic E-state index is 12.6. The fraction of sp³-hybridized carbons (Fsp3) is 0.400. The first-order valence-electron chi connectivity index (χ1n) is 8.81. The molecule has 2 aliphatic heterocycles. The smallest absolute Gasteiger partial charge is 0.343 e. The Hall–Kier alpha value is -3.00. The van der Waals surface area contributed by atoms with Crippen molar-refractivity contribution in [3.05, 3.63) is 48.0 Å². The van der Waals surface area contributed by atoms with E-state index in [1.165, 1.54) is 13.8 Å². The van der Waals surface area contributed by atoms with Crippen LogP contribution in [-0.2, 0) is 33.3 Å². The molecule has 0 spiro atoms. The number of rotatable bonds is 5. The Labute approximate surface area is 162 Å². The minimum atomic E-state index is -1.32. The Morgan fingerprint density at radius 3 is 2.50 bits per heavy atom. The van der Waals surface area contributed by atoms with Crippen LogP contribution in [0.25, 0.3) is 0 Å². The Kier molecular flexibility index (Phi) is 5.60. The predicted molar refractivity (Wildman–Crippen MR) is 97.5 cm³/mol. The van der Waals surface area contributed by atoms with Crippen molar-refractivity contribution in [3.63, 3.8) is 0 Å². The van der Waals surface area contributed by atoms with Crippen molar-refractivity contribution in [2.45, 2.75) is 44.6 Å². The maximum Gasteiger partial charge on any atom is 0.343 e. The van der Waals surface area contributed by atoms with Crippen molar-refractivity contribution in [2.75, 3.05) is 6.61 Å². The molecule has 0 N–H and O–H groups in total. The number of cyclic esters (lactones) is 1. The second kappa shape index (κ2) is 7.93. The van der Waals surface area contributed by atoms with Crippen LogP contribution in [0.3, 0.4) is 0 Å². The fourth-order valence-corrected chi connectivity index (χ4v) is 2.96. The topological polar surface area (TPSA) is 100 Å². The number of aliphatic imine (C=N–C) groups is 1. The standard InChI is InChI=1S/C20H21NO7/c1-12(22)25-11-16-15(26-13(2)23)9-10-17(27-16)20(3)19(24)28-18(21-20)14-7-5-4-6-8-14/h4-10,15-17H,11H2,1-3H3/t15-,16+,17-,20+/m0/s1. The highest BCUT2D eigenvalue weighted by Gasteiger charge is 2.51. The summed E-state index contributed by atoms with van der Waals surface area (Å²) in [5.74, 6) is -1.34. The molecule has 3 rings (SSSR count). The largest absolute Gasteiger partial charge is 0.463 e. The van der Waals surface area contributed by atoms with E-state index in [4.69, 9.17) is 18.9 Å². The minimum absolute atomic E-state index is 0.130. The van der Waals surface area contributed by atoms with E-state index in [1.807, 2.05) is 18.2 Å². The third-order valence-corrected chi connectivity index (χ3v) is 4.43. The molecule has 1 aromatic rings. The number of benzene rings is 1. The highest BCUT2D eigenvalue weighted by atomic mass is 16.6. The van der Waals surface area contributed by atoms with E-state index in [1.54, 1.807) is 31.2 Å². The molecule has 0 radical (unpaired) electrons. The van der Waals surface area contributed by atoms with Gasteiger partial charge in [-0.05, 0) is 25.1 Å². The van der Waals surface area contributed by atoms with Gasteiger partial charge in [0.05, 0.1) is 0 Å². The van der Waals surface area contributed by atoms with Crippen LogP contribution in [0.5, 0.6) is 0 Å². The van der Waals surface area contributed by atoms with Gasteiger partial charge in [-0.3, -0.25) is 9.59 Å². The summed E-state index contributed by atoms with van der Waals surface area (Å²) >= 11 is 0. The lowest BCUT2D eigenvalue weighted by molar-refractivity contribution is -0.169. The van der Waals surface area contributed by atoms with Crippen LogP contribution in [0.2, 0.25) is 0 Å². The Bertz CT molecular complexity index is 832. The van der Waals surface area contributed by atoms with Crippen molar-refractivity contribution >= 4 is 23.8 Å². The summed E-state index contributed by atoms with van der Waals surface area (Å²) in [6.07, 6.45) is 0.915. The normalized spacial score (nSPS) is 29.0. The third-order valence-electron chi connectivity index (χ3n) is 4.43. The number of hydrogen-bond acceptors (Lipinski definition) is 8. The SMILES string of the molecule is CC(=O)OC[C@H]1O[C@H]([C@@]2(C)N=C(c3ccccc3)OC2=O)C=C[C@@H]1OC(C)=O. The Morgan fingerprint density at radius 2 is 1.86 bits per heavy atom. The van der Waals surface area contributed by atoms with Gasteiger partial charge in [-0.15, -0.1) is 0 Å². The van der Waals surface area contributed by atoms with E-state index in [9.17, 15) is 14.4 Å². The molecule has 0 amide bonds. The number of carbonyl (C=O) groups excluding carboxylic acids is 3. The van der Waals surface area contributed by atoms with Crippen molar-refractivity contribution in [1.29, 1.82) is 0 Å². The van der Waals surface area contributed by atoms with E-state index in [-0.39, 0.29) is 12.5 Å².